The molecule has 4 heterocycles. The number of nitrogens with one attached hydrogen (secondary N) is 2. The lowest BCUT2D eigenvalue weighted by atomic mass is 9.92. The molecular weight excluding hydrogens is 446 g/mol. The van der Waals surface area contributed by atoms with Gasteiger partial charge in [0.05, 0.1) is 11.9 Å². The van der Waals surface area contributed by atoms with Gasteiger partial charge in [-0.15, -0.1) is 0 Å². The molecule has 0 aliphatic rings. The highest BCUT2D eigenvalue weighted by atomic mass is 32.1. The number of unbranched alkanes of at least 4 members (excludes halogenated alkanes) is 1. The zero-order valence-corrected chi connectivity index (χ0v) is 20.9. The number of pyridine rings is 2. The molecule has 0 spiro atoms. The summed E-state index contributed by atoms with van der Waals surface area (Å²) in [5.74, 6) is 0.735. The number of anilines is 3. The Bertz CT molecular complexity index is 1260. The molecule has 0 atom stereocenters. The van der Waals surface area contributed by atoms with Crippen LogP contribution in [0.25, 0.3) is 21.6 Å². The van der Waals surface area contributed by atoms with E-state index in [-0.39, 0.29) is 5.41 Å². The van der Waals surface area contributed by atoms with Gasteiger partial charge in [-0.1, -0.05) is 32.1 Å². The van der Waals surface area contributed by atoms with E-state index in [0.29, 0.717) is 6.42 Å². The van der Waals surface area contributed by atoms with Crippen molar-refractivity contribution in [3.63, 3.8) is 0 Å². The smallest absolute Gasteiger partial charge is 0.190 e. The van der Waals surface area contributed by atoms with Crippen LogP contribution in [-0.4, -0.2) is 44.5 Å². The van der Waals surface area contributed by atoms with Crippen molar-refractivity contribution < 1.29 is 4.79 Å². The van der Waals surface area contributed by atoms with E-state index in [9.17, 15) is 4.79 Å². The fraction of sp³-hybridized carbons (Fsp3) is 0.400. The summed E-state index contributed by atoms with van der Waals surface area (Å²) >= 11 is 1.50. The molecule has 4 aromatic rings. The van der Waals surface area contributed by atoms with Gasteiger partial charge in [0.15, 0.2) is 5.13 Å². The topological polar surface area (TPSA) is 99.7 Å². The molecule has 0 aliphatic heterocycles. The first kappa shape index (κ1) is 23.8. The van der Waals surface area contributed by atoms with Crippen LogP contribution in [0.5, 0.6) is 0 Å². The van der Waals surface area contributed by atoms with Crippen molar-refractivity contribution in [1.82, 2.24) is 25.1 Å². The van der Waals surface area contributed by atoms with Gasteiger partial charge in [-0.3, -0.25) is 5.10 Å². The number of H-pyrrole nitrogens is 1. The van der Waals surface area contributed by atoms with E-state index in [2.05, 4.69) is 51.2 Å². The SMILES string of the molecule is Cc1[nH]ncc1-c1ccc2nc(Nc3cc(N(CCCC=O)CCC(C)(C)C)ccn3)sc2n1. The molecule has 34 heavy (non-hydrogen) atoms. The van der Waals surface area contributed by atoms with Crippen LogP contribution < -0.4 is 10.2 Å². The van der Waals surface area contributed by atoms with Gasteiger partial charge >= 0.3 is 0 Å². The Morgan fingerprint density at radius 1 is 1.18 bits per heavy atom. The number of hydrogen-bond donors (Lipinski definition) is 2. The average Bonchev–Trinajstić information content (AvgIpc) is 3.40. The molecule has 4 aromatic heterocycles. The maximum atomic E-state index is 10.8. The first-order chi connectivity index (χ1) is 16.3. The minimum absolute atomic E-state index is 0.235. The molecule has 178 valence electrons. The number of aromatic amines is 1. The summed E-state index contributed by atoms with van der Waals surface area (Å²) in [6, 6.07) is 8.02. The molecular formula is C25H31N7OS. The van der Waals surface area contributed by atoms with Crippen LogP contribution in [0.1, 0.15) is 45.7 Å². The van der Waals surface area contributed by atoms with E-state index in [4.69, 9.17) is 4.98 Å². The Labute approximate surface area is 203 Å². The molecule has 0 aliphatic carbocycles. The first-order valence-corrected chi connectivity index (χ1v) is 12.3. The molecule has 0 unspecified atom stereocenters. The maximum absolute atomic E-state index is 10.8. The summed E-state index contributed by atoms with van der Waals surface area (Å²) < 4.78 is 0. The van der Waals surface area contributed by atoms with Gasteiger partial charge in [-0.25, -0.2) is 15.0 Å². The molecule has 0 saturated heterocycles. The molecule has 2 N–H and O–H groups in total. The monoisotopic (exact) mass is 477 g/mol. The van der Waals surface area contributed by atoms with Crippen LogP contribution in [0.15, 0.2) is 36.7 Å². The van der Waals surface area contributed by atoms with E-state index in [1.54, 1.807) is 6.20 Å². The Hall–Kier alpha value is -3.33. The first-order valence-electron chi connectivity index (χ1n) is 11.5. The quantitative estimate of drug-likeness (QED) is 0.222. The van der Waals surface area contributed by atoms with Gasteiger partial charge in [0.1, 0.15) is 22.5 Å². The number of aryl methyl sites for hydroxylation is 1. The third-order valence-corrected chi connectivity index (χ3v) is 6.47. The lowest BCUT2D eigenvalue weighted by Crippen LogP contribution is -2.28. The van der Waals surface area contributed by atoms with Crippen LogP contribution in [0.4, 0.5) is 16.6 Å². The van der Waals surface area contributed by atoms with Crippen LogP contribution >= 0.6 is 11.3 Å². The zero-order chi connectivity index (χ0) is 24.1. The number of fused-ring (bicyclic) bond motifs is 1. The van der Waals surface area contributed by atoms with Crippen molar-refractivity contribution in [2.75, 3.05) is 23.3 Å². The fourth-order valence-corrected chi connectivity index (χ4v) is 4.47. The summed E-state index contributed by atoms with van der Waals surface area (Å²) in [6.07, 6.45) is 7.05. The van der Waals surface area contributed by atoms with Crippen molar-refractivity contribution in [3.05, 3.63) is 42.4 Å². The van der Waals surface area contributed by atoms with Crippen LogP contribution in [0.2, 0.25) is 0 Å². The van der Waals surface area contributed by atoms with E-state index in [0.717, 1.165) is 76.2 Å². The number of aromatic nitrogens is 5. The van der Waals surface area contributed by atoms with E-state index in [1.165, 1.54) is 11.3 Å². The molecule has 4 rings (SSSR count). The third kappa shape index (κ3) is 5.96. The van der Waals surface area contributed by atoms with Crippen molar-refractivity contribution >= 4 is 44.6 Å². The second-order valence-electron chi connectivity index (χ2n) is 9.58. The Morgan fingerprint density at radius 3 is 2.76 bits per heavy atom. The van der Waals surface area contributed by atoms with Gasteiger partial charge in [0.25, 0.3) is 0 Å². The minimum atomic E-state index is 0.235. The molecule has 0 aromatic carbocycles. The largest absolute Gasteiger partial charge is 0.371 e. The predicted octanol–water partition coefficient (Wildman–Crippen LogP) is 5.75. The summed E-state index contributed by atoms with van der Waals surface area (Å²) in [5.41, 5.74) is 5.01. The lowest BCUT2D eigenvalue weighted by molar-refractivity contribution is -0.107. The van der Waals surface area contributed by atoms with Gasteiger partial charge in [0.2, 0.25) is 0 Å². The Kier molecular flexibility index (Phi) is 7.21. The number of nitrogens with zero attached hydrogens (tertiary/aromatic N) is 5. The second-order valence-corrected chi connectivity index (χ2v) is 10.6. The molecule has 0 amide bonds. The summed E-state index contributed by atoms with van der Waals surface area (Å²) in [6.45, 7) is 10.5. The molecule has 0 fully saturated rings. The second kappa shape index (κ2) is 10.3. The standard InChI is InChI=1S/C25H31N7OS/c1-17-19(16-27-31-17)20-7-8-21-23(28-20)34-24(29-21)30-22-15-18(9-11-26-22)32(12-5-6-14-33)13-10-25(2,3)4/h7-9,11,14-16H,5-6,10,12-13H2,1-4H3,(H,27,31)(H,26,29,30). The van der Waals surface area contributed by atoms with Gasteiger partial charge in [-0.2, -0.15) is 5.10 Å². The molecule has 8 nitrogen and oxygen atoms in total. The number of carbonyl (C=O) groups is 1. The molecule has 0 radical (unpaired) electrons. The summed E-state index contributed by atoms with van der Waals surface area (Å²) in [7, 11) is 0. The Balaban J connectivity index is 1.53. The van der Waals surface area contributed by atoms with Crippen LogP contribution in [0, 0.1) is 12.3 Å². The molecule has 0 saturated carbocycles. The summed E-state index contributed by atoms with van der Waals surface area (Å²) in [5, 5.41) is 11.1. The van der Waals surface area contributed by atoms with Crippen molar-refractivity contribution in [3.8, 4) is 11.3 Å². The maximum Gasteiger partial charge on any atom is 0.190 e. The Morgan fingerprint density at radius 2 is 2.03 bits per heavy atom. The van der Waals surface area contributed by atoms with Crippen LogP contribution in [0.3, 0.4) is 0 Å². The van der Waals surface area contributed by atoms with E-state index in [1.807, 2.05) is 37.4 Å². The highest BCUT2D eigenvalue weighted by Crippen LogP contribution is 2.30. The summed E-state index contributed by atoms with van der Waals surface area (Å²) in [4.78, 5) is 28.0. The molecule has 0 bridgehead atoms. The lowest BCUT2D eigenvalue weighted by Gasteiger charge is -2.28. The van der Waals surface area contributed by atoms with E-state index >= 15 is 0 Å². The van der Waals surface area contributed by atoms with Gasteiger partial charge in [-0.05, 0) is 43.4 Å². The minimum Gasteiger partial charge on any atom is -0.371 e. The van der Waals surface area contributed by atoms with E-state index < -0.39 is 0 Å². The van der Waals surface area contributed by atoms with Crippen LogP contribution in [-0.2, 0) is 4.79 Å². The zero-order valence-electron chi connectivity index (χ0n) is 20.1. The number of aldehydes is 1. The number of hydrogen-bond acceptors (Lipinski definition) is 8. The number of thiazole rings is 1. The van der Waals surface area contributed by atoms with Crippen molar-refractivity contribution in [2.45, 2.75) is 47.0 Å². The van der Waals surface area contributed by atoms with Gasteiger partial charge < -0.3 is 15.0 Å². The van der Waals surface area contributed by atoms with Crippen molar-refractivity contribution in [2.24, 2.45) is 5.41 Å². The third-order valence-electron chi connectivity index (χ3n) is 5.59. The van der Waals surface area contributed by atoms with Gasteiger partial charge in [0, 0.05) is 48.7 Å². The average molecular weight is 478 g/mol. The highest BCUT2D eigenvalue weighted by Gasteiger charge is 2.15. The number of carbonyl (C=O) groups excluding carboxylic acids is 1. The number of rotatable bonds is 10. The molecule has 9 heteroatoms. The normalized spacial score (nSPS) is 11.6. The van der Waals surface area contributed by atoms with Crippen molar-refractivity contribution in [1.29, 1.82) is 0 Å². The highest BCUT2D eigenvalue weighted by molar-refractivity contribution is 7.21. The predicted molar refractivity (Wildman–Crippen MR) is 139 cm³/mol. The fourth-order valence-electron chi connectivity index (χ4n) is 3.63.